The van der Waals surface area contributed by atoms with Crippen LogP contribution >= 0.6 is 0 Å². The fourth-order valence-electron chi connectivity index (χ4n) is 5.60. The lowest BCUT2D eigenvalue weighted by Crippen LogP contribution is -2.28. The molecule has 0 fully saturated rings. The molecule has 0 saturated carbocycles. The first kappa shape index (κ1) is 28.8. The van der Waals surface area contributed by atoms with Crippen molar-refractivity contribution in [3.8, 4) is 17.2 Å². The van der Waals surface area contributed by atoms with Gasteiger partial charge >= 0.3 is 0 Å². The average molecular weight is 533 g/mol. The van der Waals surface area contributed by atoms with Crippen molar-refractivity contribution in [2.45, 2.75) is 45.1 Å². The summed E-state index contributed by atoms with van der Waals surface area (Å²) in [6, 6.07) is 21.0. The van der Waals surface area contributed by atoms with Crippen molar-refractivity contribution in [2.24, 2.45) is 0 Å². The molecule has 1 unspecified atom stereocenters. The number of fused-ring (bicyclic) bond motifs is 1. The van der Waals surface area contributed by atoms with Gasteiger partial charge < -0.3 is 29.1 Å². The SMILES string of the molecule is CCN(c1cc(OC)ccc1[C@@H]1CCc2cc(O)ccc2C1)C(C)c1ccc(OCCN(C)CCOC)cc1. The smallest absolute Gasteiger partial charge is 0.120 e. The Labute approximate surface area is 234 Å². The van der Waals surface area contributed by atoms with Crippen LogP contribution in [0.25, 0.3) is 0 Å². The molecule has 0 spiro atoms. The maximum Gasteiger partial charge on any atom is 0.120 e. The summed E-state index contributed by atoms with van der Waals surface area (Å²) in [7, 11) is 5.54. The summed E-state index contributed by atoms with van der Waals surface area (Å²) in [5.74, 6) is 2.54. The molecule has 1 N–H and O–H groups in total. The third-order valence-corrected chi connectivity index (χ3v) is 7.99. The quantitative estimate of drug-likeness (QED) is 0.282. The Morgan fingerprint density at radius 2 is 1.67 bits per heavy atom. The Kier molecular flexibility index (Phi) is 10.1. The third kappa shape index (κ3) is 7.25. The Bertz CT molecular complexity index is 1200. The van der Waals surface area contributed by atoms with Gasteiger partial charge in [0.2, 0.25) is 0 Å². The zero-order valence-electron chi connectivity index (χ0n) is 24.2. The van der Waals surface area contributed by atoms with E-state index in [-0.39, 0.29) is 6.04 Å². The number of rotatable bonds is 13. The van der Waals surface area contributed by atoms with E-state index in [9.17, 15) is 5.11 Å². The van der Waals surface area contributed by atoms with Crippen molar-refractivity contribution in [2.75, 3.05) is 59.0 Å². The minimum atomic E-state index is 0.183. The highest BCUT2D eigenvalue weighted by atomic mass is 16.5. The third-order valence-electron chi connectivity index (χ3n) is 7.99. The highest BCUT2D eigenvalue weighted by Gasteiger charge is 2.26. The van der Waals surface area contributed by atoms with E-state index >= 15 is 0 Å². The average Bonchev–Trinajstić information content (AvgIpc) is 2.96. The molecule has 3 aromatic rings. The molecule has 6 nitrogen and oxygen atoms in total. The first-order valence-electron chi connectivity index (χ1n) is 14.1. The Morgan fingerprint density at radius 1 is 0.923 bits per heavy atom. The lowest BCUT2D eigenvalue weighted by molar-refractivity contribution is 0.150. The maximum absolute atomic E-state index is 9.92. The van der Waals surface area contributed by atoms with Gasteiger partial charge in [0.15, 0.2) is 0 Å². The Hall–Kier alpha value is -3.22. The van der Waals surface area contributed by atoms with Crippen molar-refractivity contribution in [3.63, 3.8) is 0 Å². The van der Waals surface area contributed by atoms with Crippen LogP contribution in [0, 0.1) is 0 Å². The number of phenols is 1. The van der Waals surface area contributed by atoms with Gasteiger partial charge in [0.1, 0.15) is 23.9 Å². The Morgan fingerprint density at radius 3 is 2.38 bits per heavy atom. The molecule has 0 bridgehead atoms. The Balaban J connectivity index is 1.50. The molecule has 0 aliphatic heterocycles. The molecular formula is C33H44N2O4. The van der Waals surface area contributed by atoms with Gasteiger partial charge in [-0.05, 0) is 98.7 Å². The fourth-order valence-corrected chi connectivity index (χ4v) is 5.60. The van der Waals surface area contributed by atoms with E-state index in [1.165, 1.54) is 27.9 Å². The van der Waals surface area contributed by atoms with E-state index in [0.717, 1.165) is 57.0 Å². The van der Waals surface area contributed by atoms with Gasteiger partial charge in [0, 0.05) is 38.5 Å². The molecule has 0 amide bonds. The number of phenolic OH excluding ortho intramolecular Hbond substituents is 1. The van der Waals surface area contributed by atoms with E-state index in [1.54, 1.807) is 14.2 Å². The zero-order valence-corrected chi connectivity index (χ0v) is 24.2. The van der Waals surface area contributed by atoms with Crippen molar-refractivity contribution < 1.29 is 19.3 Å². The van der Waals surface area contributed by atoms with Gasteiger partial charge in [0.25, 0.3) is 0 Å². The number of aryl methyl sites for hydroxylation is 1. The van der Waals surface area contributed by atoms with Crippen LogP contribution in [0.15, 0.2) is 60.7 Å². The standard InChI is InChI=1S/C33H44N2O4/c1-6-35(24(2)25-10-13-30(14-11-25)39-20-18-34(3)17-19-37-4)33-23-31(38-5)15-16-32(33)28-8-7-27-22-29(36)12-9-26(27)21-28/h9-16,22-24,28,36H,6-8,17-21H2,1-5H3/t24?,28-/m1/s1. The van der Waals surface area contributed by atoms with Crippen LogP contribution in [-0.2, 0) is 17.6 Å². The van der Waals surface area contributed by atoms with Gasteiger partial charge in [-0.1, -0.05) is 24.3 Å². The monoisotopic (exact) mass is 532 g/mol. The molecule has 0 heterocycles. The molecule has 0 radical (unpaired) electrons. The van der Waals surface area contributed by atoms with E-state index in [2.05, 4.69) is 79.2 Å². The van der Waals surface area contributed by atoms with Crippen LogP contribution in [0.2, 0.25) is 0 Å². The largest absolute Gasteiger partial charge is 0.508 e. The molecule has 4 rings (SSSR count). The summed E-state index contributed by atoms with van der Waals surface area (Å²) in [4.78, 5) is 4.68. The molecule has 2 atom stereocenters. The summed E-state index contributed by atoms with van der Waals surface area (Å²) < 4.78 is 16.8. The van der Waals surface area contributed by atoms with Crippen LogP contribution in [0.1, 0.15) is 54.5 Å². The summed E-state index contributed by atoms with van der Waals surface area (Å²) in [6.07, 6.45) is 3.02. The van der Waals surface area contributed by atoms with E-state index < -0.39 is 0 Å². The van der Waals surface area contributed by atoms with Crippen molar-refractivity contribution in [1.82, 2.24) is 4.90 Å². The van der Waals surface area contributed by atoms with E-state index in [4.69, 9.17) is 14.2 Å². The topological polar surface area (TPSA) is 54.4 Å². The highest BCUT2D eigenvalue weighted by Crippen LogP contribution is 2.41. The summed E-state index contributed by atoms with van der Waals surface area (Å²) in [5.41, 5.74) is 6.45. The molecule has 1 aliphatic rings. The first-order valence-corrected chi connectivity index (χ1v) is 14.1. The minimum Gasteiger partial charge on any atom is -0.508 e. The van der Waals surface area contributed by atoms with Crippen molar-refractivity contribution in [1.29, 1.82) is 0 Å². The predicted octanol–water partition coefficient (Wildman–Crippen LogP) is 6.22. The molecule has 0 aromatic heterocycles. The second kappa shape index (κ2) is 13.7. The molecule has 0 saturated heterocycles. The molecule has 6 heteroatoms. The van der Waals surface area contributed by atoms with Gasteiger partial charge in [-0.25, -0.2) is 0 Å². The van der Waals surface area contributed by atoms with Crippen LogP contribution in [0.3, 0.4) is 0 Å². The summed E-state index contributed by atoms with van der Waals surface area (Å²) in [5, 5.41) is 9.92. The number of hydrogen-bond donors (Lipinski definition) is 1. The van der Waals surface area contributed by atoms with Crippen LogP contribution in [-0.4, -0.2) is 64.1 Å². The van der Waals surface area contributed by atoms with Gasteiger partial charge in [-0.3, -0.25) is 0 Å². The number of aromatic hydroxyl groups is 1. The number of likely N-dealkylation sites (N-methyl/N-ethyl adjacent to an activating group) is 1. The fraction of sp³-hybridized carbons (Fsp3) is 0.455. The first-order chi connectivity index (χ1) is 18.9. The van der Waals surface area contributed by atoms with Crippen molar-refractivity contribution >= 4 is 5.69 Å². The van der Waals surface area contributed by atoms with Crippen LogP contribution in [0.5, 0.6) is 17.2 Å². The molecule has 39 heavy (non-hydrogen) atoms. The number of ether oxygens (including phenoxy) is 3. The van der Waals surface area contributed by atoms with E-state index in [0.29, 0.717) is 18.3 Å². The molecular weight excluding hydrogens is 488 g/mol. The maximum atomic E-state index is 9.92. The number of anilines is 1. The zero-order chi connectivity index (χ0) is 27.8. The van der Waals surface area contributed by atoms with Gasteiger partial charge in [0.05, 0.1) is 19.8 Å². The molecule has 210 valence electrons. The second-order valence-electron chi connectivity index (χ2n) is 10.5. The van der Waals surface area contributed by atoms with Crippen molar-refractivity contribution in [3.05, 3.63) is 82.9 Å². The van der Waals surface area contributed by atoms with Gasteiger partial charge in [-0.2, -0.15) is 0 Å². The van der Waals surface area contributed by atoms with Gasteiger partial charge in [-0.15, -0.1) is 0 Å². The van der Waals surface area contributed by atoms with E-state index in [1.807, 2.05) is 12.1 Å². The summed E-state index contributed by atoms with van der Waals surface area (Å²) >= 11 is 0. The van der Waals surface area contributed by atoms with Crippen LogP contribution in [0.4, 0.5) is 5.69 Å². The number of nitrogens with zero attached hydrogens (tertiary/aromatic N) is 2. The number of benzene rings is 3. The second-order valence-corrected chi connectivity index (χ2v) is 10.5. The lowest BCUT2D eigenvalue weighted by Gasteiger charge is -2.35. The minimum absolute atomic E-state index is 0.183. The molecule has 3 aromatic carbocycles. The molecule has 1 aliphatic carbocycles. The lowest BCUT2D eigenvalue weighted by atomic mass is 9.79. The number of hydrogen-bond acceptors (Lipinski definition) is 6. The highest BCUT2D eigenvalue weighted by molar-refractivity contribution is 5.61. The summed E-state index contributed by atoms with van der Waals surface area (Å²) in [6.45, 7) is 8.49. The van der Waals surface area contributed by atoms with Crippen LogP contribution < -0.4 is 14.4 Å². The predicted molar refractivity (Wildman–Crippen MR) is 159 cm³/mol. The normalized spacial score (nSPS) is 15.6. The number of methoxy groups -OCH3 is 2.